The van der Waals surface area contributed by atoms with Crippen molar-refractivity contribution in [2.24, 2.45) is 0 Å². The van der Waals surface area contributed by atoms with Gasteiger partial charge >= 0.3 is 8.32 Å². The van der Waals surface area contributed by atoms with Crippen LogP contribution >= 0.6 is 0 Å². The highest BCUT2D eigenvalue weighted by atomic mass is 28.4. The Morgan fingerprint density at radius 3 is 1.32 bits per heavy atom. The van der Waals surface area contributed by atoms with Crippen molar-refractivity contribution in [3.05, 3.63) is 96.4 Å². The van der Waals surface area contributed by atoms with Gasteiger partial charge in [0, 0.05) is 6.42 Å². The molecule has 3 aromatic carbocycles. The molecule has 0 N–H and O–H groups in total. The summed E-state index contributed by atoms with van der Waals surface area (Å²) in [5, 5.41) is 3.22. The first-order chi connectivity index (χ1) is 13.5. The number of benzene rings is 3. The molecule has 0 aliphatic rings. The smallest absolute Gasteiger partial charge is 0.350 e. The Morgan fingerprint density at radius 2 is 1.04 bits per heavy atom. The van der Waals surface area contributed by atoms with Crippen LogP contribution in [-0.4, -0.2) is 14.3 Å². The monoisotopic (exact) mass is 387 g/mol. The lowest BCUT2D eigenvalue weighted by atomic mass is 10.2. The third-order valence-corrected chi connectivity index (χ3v) is 9.00. The summed E-state index contributed by atoms with van der Waals surface area (Å²) in [6, 6.07) is 25.2. The van der Waals surface area contributed by atoms with Crippen LogP contribution in [0, 0.1) is 27.7 Å². The number of aryl methyl sites for hydroxylation is 3. The van der Waals surface area contributed by atoms with Gasteiger partial charge in [0.25, 0.3) is 5.97 Å². The van der Waals surface area contributed by atoms with E-state index in [1.54, 1.807) is 0 Å². The summed E-state index contributed by atoms with van der Waals surface area (Å²) in [6.45, 7) is 10.0. The first kappa shape index (κ1) is 20.1. The van der Waals surface area contributed by atoms with Gasteiger partial charge < -0.3 is 4.43 Å². The molecule has 0 aliphatic carbocycles. The summed E-state index contributed by atoms with van der Waals surface area (Å²) < 4.78 is 6.42. The van der Waals surface area contributed by atoms with Gasteiger partial charge in [0.2, 0.25) is 0 Å². The molecule has 0 unspecified atom stereocenters. The van der Waals surface area contributed by atoms with E-state index in [2.05, 4.69) is 100 Å². The summed E-state index contributed by atoms with van der Waals surface area (Å²) in [5.41, 5.74) is 3.55. The Kier molecular flexibility index (Phi) is 6.15. The third kappa shape index (κ3) is 4.10. The molecule has 0 saturated heterocycles. The fourth-order valence-corrected chi connectivity index (χ4v) is 7.11. The van der Waals surface area contributed by atoms with Gasteiger partial charge in [-0.1, -0.05) is 96.4 Å². The quantitative estimate of drug-likeness (QED) is 0.476. The van der Waals surface area contributed by atoms with E-state index in [1.165, 1.54) is 16.7 Å². The zero-order chi connectivity index (χ0) is 20.1. The molecular formula is C25H27O2Si. The van der Waals surface area contributed by atoms with Crippen molar-refractivity contribution in [1.82, 2.24) is 0 Å². The van der Waals surface area contributed by atoms with E-state index in [4.69, 9.17) is 4.43 Å². The maximum Gasteiger partial charge on any atom is 0.350 e. The van der Waals surface area contributed by atoms with Crippen LogP contribution in [0.2, 0.25) is 0 Å². The van der Waals surface area contributed by atoms with Gasteiger partial charge in [-0.15, -0.1) is 0 Å². The Morgan fingerprint density at radius 1 is 0.714 bits per heavy atom. The molecule has 0 aromatic heterocycles. The molecule has 143 valence electrons. The van der Waals surface area contributed by atoms with Crippen LogP contribution < -0.4 is 15.6 Å². The molecule has 3 heteroatoms. The van der Waals surface area contributed by atoms with Gasteiger partial charge in [-0.25, -0.2) is 0 Å². The second-order valence-corrected chi connectivity index (χ2v) is 10.7. The first-order valence-corrected chi connectivity index (χ1v) is 11.6. The van der Waals surface area contributed by atoms with Crippen LogP contribution in [0.25, 0.3) is 0 Å². The van der Waals surface area contributed by atoms with E-state index >= 15 is 0 Å². The van der Waals surface area contributed by atoms with E-state index in [1.807, 2.05) is 0 Å². The Labute approximate surface area is 169 Å². The maximum atomic E-state index is 12.8. The largest absolute Gasteiger partial charge is 0.506 e. The predicted molar refractivity (Wildman–Crippen MR) is 119 cm³/mol. The molecule has 28 heavy (non-hydrogen) atoms. The fraction of sp³-hybridized carbons (Fsp3) is 0.200. The highest BCUT2D eigenvalue weighted by Crippen LogP contribution is 2.13. The minimum atomic E-state index is -2.97. The second kappa shape index (κ2) is 8.57. The van der Waals surface area contributed by atoms with Crippen LogP contribution in [0.1, 0.15) is 29.5 Å². The molecule has 0 atom stereocenters. The highest BCUT2D eigenvalue weighted by Gasteiger charge is 2.45. The van der Waals surface area contributed by atoms with Crippen LogP contribution in [0.15, 0.2) is 72.8 Å². The van der Waals surface area contributed by atoms with E-state index in [0.29, 0.717) is 12.8 Å². The fourth-order valence-electron chi connectivity index (χ4n) is 3.41. The van der Waals surface area contributed by atoms with Crippen LogP contribution in [0.5, 0.6) is 0 Å². The first-order valence-electron chi connectivity index (χ1n) is 9.68. The second-order valence-electron chi connectivity index (χ2n) is 7.36. The van der Waals surface area contributed by atoms with Crippen molar-refractivity contribution < 1.29 is 9.22 Å². The van der Waals surface area contributed by atoms with E-state index in [9.17, 15) is 4.79 Å². The topological polar surface area (TPSA) is 26.3 Å². The van der Waals surface area contributed by atoms with Crippen molar-refractivity contribution in [2.45, 2.75) is 33.6 Å². The lowest BCUT2D eigenvalue weighted by molar-refractivity contribution is -0.134. The maximum absolute atomic E-state index is 12.8. The molecule has 0 saturated carbocycles. The minimum absolute atomic E-state index is 0.191. The lowest BCUT2D eigenvalue weighted by Gasteiger charge is -2.32. The predicted octanol–water partition coefficient (Wildman–Crippen LogP) is 3.74. The number of hydrogen-bond acceptors (Lipinski definition) is 2. The number of hydrogen-bond donors (Lipinski definition) is 0. The zero-order valence-electron chi connectivity index (χ0n) is 16.9. The van der Waals surface area contributed by atoms with E-state index in [-0.39, 0.29) is 5.97 Å². The summed E-state index contributed by atoms with van der Waals surface area (Å²) in [7, 11) is -2.97. The van der Waals surface area contributed by atoms with Crippen molar-refractivity contribution >= 4 is 29.8 Å². The SMILES string of the molecule is [CH2]CCC(=O)O[Si](c1ccc(C)cc1)(c1ccc(C)cc1)c1ccc(C)cc1. The molecule has 2 nitrogen and oxygen atoms in total. The third-order valence-electron chi connectivity index (χ3n) is 5.02. The molecule has 3 aromatic rings. The molecule has 0 fully saturated rings. The van der Waals surface area contributed by atoms with Gasteiger partial charge in [-0.3, -0.25) is 4.79 Å². The number of carbonyl (C=O) groups excluding carboxylic acids is 1. The summed E-state index contributed by atoms with van der Waals surface area (Å²) in [5.74, 6) is -0.191. The molecule has 3 rings (SSSR count). The Bertz CT molecular complexity index is 815. The minimum Gasteiger partial charge on any atom is -0.506 e. The Hall–Kier alpha value is -2.65. The molecular weight excluding hydrogens is 360 g/mol. The molecule has 0 spiro atoms. The molecule has 1 radical (unpaired) electrons. The molecule has 0 aliphatic heterocycles. The lowest BCUT2D eigenvalue weighted by Crippen LogP contribution is -2.70. The van der Waals surface area contributed by atoms with Crippen molar-refractivity contribution in [2.75, 3.05) is 0 Å². The molecule has 0 bridgehead atoms. The number of carbonyl (C=O) groups is 1. The average Bonchev–Trinajstić information content (AvgIpc) is 2.68. The highest BCUT2D eigenvalue weighted by molar-refractivity contribution is 7.07. The van der Waals surface area contributed by atoms with Gasteiger partial charge in [-0.05, 0) is 42.8 Å². The van der Waals surface area contributed by atoms with Crippen molar-refractivity contribution in [3.63, 3.8) is 0 Å². The number of rotatable bonds is 6. The van der Waals surface area contributed by atoms with E-state index in [0.717, 1.165) is 15.6 Å². The summed E-state index contributed by atoms with van der Waals surface area (Å²) in [6.07, 6.45) is 0.845. The van der Waals surface area contributed by atoms with Gasteiger partial charge in [-0.2, -0.15) is 0 Å². The van der Waals surface area contributed by atoms with Gasteiger partial charge in [0.15, 0.2) is 0 Å². The zero-order valence-corrected chi connectivity index (χ0v) is 17.9. The normalized spacial score (nSPS) is 11.3. The molecule has 0 amide bonds. The van der Waals surface area contributed by atoms with Crippen molar-refractivity contribution in [3.8, 4) is 0 Å². The summed E-state index contributed by atoms with van der Waals surface area (Å²) in [4.78, 5) is 12.8. The standard InChI is InChI=1S/C25H27O2Si/c1-5-6-25(26)27-28(22-13-7-19(2)8-14-22,23-15-9-20(3)10-16-23)24-17-11-21(4)12-18-24/h7-18H,1,5-6H2,2-4H3. The molecule has 0 heterocycles. The Balaban J connectivity index is 2.29. The van der Waals surface area contributed by atoms with Crippen LogP contribution in [-0.2, 0) is 9.22 Å². The van der Waals surface area contributed by atoms with E-state index < -0.39 is 8.32 Å². The average molecular weight is 388 g/mol. The van der Waals surface area contributed by atoms with Crippen LogP contribution in [0.3, 0.4) is 0 Å². The van der Waals surface area contributed by atoms with Gasteiger partial charge in [0.05, 0.1) is 0 Å². The van der Waals surface area contributed by atoms with Crippen LogP contribution in [0.4, 0.5) is 0 Å². The summed E-state index contributed by atoms with van der Waals surface area (Å²) >= 11 is 0. The van der Waals surface area contributed by atoms with Crippen molar-refractivity contribution in [1.29, 1.82) is 0 Å². The van der Waals surface area contributed by atoms with Gasteiger partial charge in [0.1, 0.15) is 0 Å².